The van der Waals surface area contributed by atoms with Gasteiger partial charge in [-0.1, -0.05) is 0 Å². The van der Waals surface area contributed by atoms with E-state index in [1.165, 1.54) is 12.1 Å². The molecule has 6 nitrogen and oxygen atoms in total. The third kappa shape index (κ3) is 2.49. The van der Waals surface area contributed by atoms with Crippen LogP contribution >= 0.6 is 0 Å². The predicted octanol–water partition coefficient (Wildman–Crippen LogP) is 2.00. The van der Waals surface area contributed by atoms with Crippen molar-refractivity contribution >= 4 is 21.1 Å². The minimum Gasteiger partial charge on any atom is -0.457 e. The summed E-state index contributed by atoms with van der Waals surface area (Å²) in [5, 5.41) is 5.03. The van der Waals surface area contributed by atoms with Gasteiger partial charge in [0.25, 0.3) is 0 Å². The van der Waals surface area contributed by atoms with Crippen molar-refractivity contribution in [1.29, 1.82) is 0 Å². The van der Waals surface area contributed by atoms with E-state index in [1.54, 1.807) is 30.6 Å². The van der Waals surface area contributed by atoms with Gasteiger partial charge in [0.1, 0.15) is 11.5 Å². The number of nitrogens with two attached hydrogens (primary N) is 1. The molecule has 1 aromatic heterocycles. The Morgan fingerprint density at radius 3 is 2.45 bits per heavy atom. The topological polar surface area (TPSA) is 98.1 Å². The average molecular weight is 289 g/mol. The Morgan fingerprint density at radius 1 is 1.05 bits per heavy atom. The van der Waals surface area contributed by atoms with Gasteiger partial charge < -0.3 is 9.72 Å². The van der Waals surface area contributed by atoms with Gasteiger partial charge in [-0.25, -0.2) is 18.5 Å². The third-order valence-corrected chi connectivity index (χ3v) is 3.71. The van der Waals surface area contributed by atoms with Crippen molar-refractivity contribution in [1.82, 2.24) is 9.97 Å². The number of primary sulfonamides is 1. The lowest BCUT2D eigenvalue weighted by atomic mass is 10.3. The number of aromatic amines is 1. The van der Waals surface area contributed by atoms with Gasteiger partial charge in [0.2, 0.25) is 10.0 Å². The molecule has 0 spiro atoms. The van der Waals surface area contributed by atoms with Gasteiger partial charge in [0, 0.05) is 6.07 Å². The first-order valence-electron chi connectivity index (χ1n) is 5.76. The highest BCUT2D eigenvalue weighted by atomic mass is 32.2. The fourth-order valence-corrected chi connectivity index (χ4v) is 2.32. The van der Waals surface area contributed by atoms with Crippen LogP contribution in [0.5, 0.6) is 11.5 Å². The number of hydrogen-bond acceptors (Lipinski definition) is 4. The summed E-state index contributed by atoms with van der Waals surface area (Å²) in [7, 11) is -3.68. The standard InChI is InChI=1S/C13H11N3O3S/c14-20(17,18)11-4-1-9(2-5-11)19-10-3-6-12-13(7-10)16-8-15-12/h1-8H,(H,15,16)(H2,14,17,18). The number of hydrogen-bond donors (Lipinski definition) is 2. The molecule has 2 aromatic carbocycles. The molecule has 0 radical (unpaired) electrons. The molecule has 0 aliphatic rings. The van der Waals surface area contributed by atoms with Gasteiger partial charge in [-0.3, -0.25) is 0 Å². The van der Waals surface area contributed by atoms with E-state index in [0.29, 0.717) is 11.5 Å². The fraction of sp³-hybridized carbons (Fsp3) is 0. The van der Waals surface area contributed by atoms with Gasteiger partial charge in [-0.15, -0.1) is 0 Å². The van der Waals surface area contributed by atoms with E-state index in [4.69, 9.17) is 9.88 Å². The number of imidazole rings is 1. The van der Waals surface area contributed by atoms with Gasteiger partial charge in [0.15, 0.2) is 0 Å². The summed E-state index contributed by atoms with van der Waals surface area (Å²) >= 11 is 0. The van der Waals surface area contributed by atoms with Crippen molar-refractivity contribution in [3.05, 3.63) is 48.8 Å². The molecular formula is C13H11N3O3S. The maximum Gasteiger partial charge on any atom is 0.238 e. The van der Waals surface area contributed by atoms with Crippen molar-refractivity contribution in [2.75, 3.05) is 0 Å². The Labute approximate surface area is 115 Å². The highest BCUT2D eigenvalue weighted by molar-refractivity contribution is 7.89. The number of nitrogens with zero attached hydrogens (tertiary/aromatic N) is 1. The molecule has 0 saturated carbocycles. The lowest BCUT2D eigenvalue weighted by Crippen LogP contribution is -2.11. The normalized spacial score (nSPS) is 11.7. The van der Waals surface area contributed by atoms with Crippen LogP contribution in [0.25, 0.3) is 11.0 Å². The molecule has 3 rings (SSSR count). The molecular weight excluding hydrogens is 278 g/mol. The molecule has 1 heterocycles. The number of aromatic nitrogens is 2. The van der Waals surface area contributed by atoms with Crippen LogP contribution in [0.1, 0.15) is 0 Å². The van der Waals surface area contributed by atoms with Crippen molar-refractivity contribution < 1.29 is 13.2 Å². The monoisotopic (exact) mass is 289 g/mol. The summed E-state index contributed by atoms with van der Waals surface area (Å²) in [4.78, 5) is 7.17. The van der Waals surface area contributed by atoms with Crippen LogP contribution in [0.3, 0.4) is 0 Å². The Hall–Kier alpha value is -2.38. The summed E-state index contributed by atoms with van der Waals surface area (Å²) < 4.78 is 27.9. The van der Waals surface area contributed by atoms with Crippen molar-refractivity contribution in [3.8, 4) is 11.5 Å². The molecule has 102 valence electrons. The smallest absolute Gasteiger partial charge is 0.238 e. The Balaban J connectivity index is 1.87. The zero-order valence-corrected chi connectivity index (χ0v) is 11.1. The SMILES string of the molecule is NS(=O)(=O)c1ccc(Oc2ccc3[nH]cnc3c2)cc1. The number of sulfonamides is 1. The van der Waals surface area contributed by atoms with Gasteiger partial charge in [-0.05, 0) is 36.4 Å². The van der Waals surface area contributed by atoms with Crippen LogP contribution in [-0.4, -0.2) is 18.4 Å². The van der Waals surface area contributed by atoms with E-state index < -0.39 is 10.0 Å². The Morgan fingerprint density at radius 2 is 1.75 bits per heavy atom. The molecule has 0 aliphatic carbocycles. The van der Waals surface area contributed by atoms with Crippen molar-refractivity contribution in [2.24, 2.45) is 5.14 Å². The van der Waals surface area contributed by atoms with Gasteiger partial charge in [0.05, 0.1) is 22.3 Å². The number of fused-ring (bicyclic) bond motifs is 1. The maximum absolute atomic E-state index is 11.1. The van der Waals surface area contributed by atoms with E-state index >= 15 is 0 Å². The summed E-state index contributed by atoms with van der Waals surface area (Å²) in [6, 6.07) is 11.3. The van der Waals surface area contributed by atoms with Gasteiger partial charge in [-0.2, -0.15) is 0 Å². The first-order chi connectivity index (χ1) is 9.52. The number of nitrogens with one attached hydrogen (secondary N) is 1. The first kappa shape index (κ1) is 12.6. The van der Waals surface area contributed by atoms with Gasteiger partial charge >= 0.3 is 0 Å². The maximum atomic E-state index is 11.1. The quantitative estimate of drug-likeness (QED) is 0.770. The van der Waals surface area contributed by atoms with Crippen LogP contribution in [-0.2, 0) is 10.0 Å². The molecule has 3 aromatic rings. The molecule has 0 amide bonds. The lowest BCUT2D eigenvalue weighted by Gasteiger charge is -2.06. The molecule has 7 heteroatoms. The van der Waals surface area contributed by atoms with Crippen molar-refractivity contribution in [3.63, 3.8) is 0 Å². The summed E-state index contributed by atoms with van der Waals surface area (Å²) in [6.45, 7) is 0. The third-order valence-electron chi connectivity index (χ3n) is 2.78. The lowest BCUT2D eigenvalue weighted by molar-refractivity contribution is 0.483. The molecule has 0 saturated heterocycles. The van der Waals surface area contributed by atoms with Crippen LogP contribution in [0.4, 0.5) is 0 Å². The number of H-pyrrole nitrogens is 1. The summed E-state index contributed by atoms with van der Waals surface area (Å²) in [5.74, 6) is 1.14. The van der Waals surface area contributed by atoms with E-state index in [9.17, 15) is 8.42 Å². The molecule has 3 N–H and O–H groups in total. The predicted molar refractivity (Wildman–Crippen MR) is 74.0 cm³/mol. The Kier molecular flexibility index (Phi) is 2.92. The second-order valence-electron chi connectivity index (χ2n) is 4.20. The second-order valence-corrected chi connectivity index (χ2v) is 5.76. The molecule has 0 aliphatic heterocycles. The van der Waals surface area contributed by atoms with Crippen LogP contribution < -0.4 is 9.88 Å². The fourth-order valence-electron chi connectivity index (χ4n) is 1.81. The average Bonchev–Trinajstić information content (AvgIpc) is 2.86. The Bertz CT molecular complexity index is 854. The summed E-state index contributed by atoms with van der Waals surface area (Å²) in [5.41, 5.74) is 1.71. The molecule has 0 bridgehead atoms. The van der Waals surface area contributed by atoms with E-state index in [0.717, 1.165) is 11.0 Å². The molecule has 0 fully saturated rings. The first-order valence-corrected chi connectivity index (χ1v) is 7.31. The minimum absolute atomic E-state index is 0.0487. The van der Waals surface area contributed by atoms with E-state index in [-0.39, 0.29) is 4.90 Å². The summed E-state index contributed by atoms with van der Waals surface area (Å²) in [6.07, 6.45) is 1.61. The van der Waals surface area contributed by atoms with Crippen LogP contribution in [0, 0.1) is 0 Å². The number of rotatable bonds is 3. The highest BCUT2D eigenvalue weighted by Crippen LogP contribution is 2.25. The number of benzene rings is 2. The number of ether oxygens (including phenoxy) is 1. The van der Waals surface area contributed by atoms with Crippen LogP contribution in [0.15, 0.2) is 53.7 Å². The molecule has 0 atom stereocenters. The molecule has 20 heavy (non-hydrogen) atoms. The molecule has 0 unspecified atom stereocenters. The second kappa shape index (κ2) is 4.62. The zero-order chi connectivity index (χ0) is 14.2. The largest absolute Gasteiger partial charge is 0.457 e. The highest BCUT2D eigenvalue weighted by Gasteiger charge is 2.07. The van der Waals surface area contributed by atoms with Crippen molar-refractivity contribution in [2.45, 2.75) is 4.90 Å². The minimum atomic E-state index is -3.68. The van der Waals surface area contributed by atoms with E-state index in [2.05, 4.69) is 9.97 Å². The zero-order valence-electron chi connectivity index (χ0n) is 10.3. The van der Waals surface area contributed by atoms with E-state index in [1.807, 2.05) is 6.07 Å². The van der Waals surface area contributed by atoms with Crippen LogP contribution in [0.2, 0.25) is 0 Å².